The molecule has 1 aromatic carbocycles. The van der Waals surface area contributed by atoms with Gasteiger partial charge in [-0.05, 0) is 49.2 Å². The van der Waals surface area contributed by atoms with Crippen molar-refractivity contribution >= 4 is 44.6 Å². The number of nitrogens with two attached hydrogens (primary N) is 1. The standard InChI is InChI=1S/C13H13ClN2O3S2/c1-7-5-9(14)3-4-10(7)16-13(17)12-8(2)6-11(20-12)21(15,18)19/h3-6H,1-2H3,(H,16,17)(H2,15,18,19). The van der Waals surface area contributed by atoms with Crippen molar-refractivity contribution in [3.63, 3.8) is 0 Å². The third-order valence-corrected chi connectivity index (χ3v) is 5.71. The second-order valence-corrected chi connectivity index (χ2v) is 7.81. The van der Waals surface area contributed by atoms with E-state index in [1.807, 2.05) is 6.92 Å². The van der Waals surface area contributed by atoms with Gasteiger partial charge in [0.15, 0.2) is 0 Å². The first-order valence-electron chi connectivity index (χ1n) is 5.89. The quantitative estimate of drug-likeness (QED) is 0.897. The van der Waals surface area contributed by atoms with Gasteiger partial charge in [-0.15, -0.1) is 11.3 Å². The second-order valence-electron chi connectivity index (χ2n) is 4.54. The van der Waals surface area contributed by atoms with Gasteiger partial charge in [0.1, 0.15) is 4.21 Å². The van der Waals surface area contributed by atoms with Gasteiger partial charge in [0, 0.05) is 10.7 Å². The van der Waals surface area contributed by atoms with Gasteiger partial charge in [-0.2, -0.15) is 0 Å². The van der Waals surface area contributed by atoms with Crippen molar-refractivity contribution in [2.45, 2.75) is 18.1 Å². The first kappa shape index (κ1) is 16.0. The van der Waals surface area contributed by atoms with Crippen LogP contribution in [0.3, 0.4) is 0 Å². The number of rotatable bonds is 3. The van der Waals surface area contributed by atoms with Crippen LogP contribution in [0, 0.1) is 13.8 Å². The Morgan fingerprint density at radius 3 is 2.43 bits per heavy atom. The van der Waals surface area contributed by atoms with Gasteiger partial charge >= 0.3 is 0 Å². The molecule has 0 aliphatic heterocycles. The minimum atomic E-state index is -3.80. The summed E-state index contributed by atoms with van der Waals surface area (Å²) in [5.74, 6) is -0.377. The number of aryl methyl sites for hydroxylation is 2. The molecule has 1 amide bonds. The Bertz CT molecular complexity index is 813. The summed E-state index contributed by atoms with van der Waals surface area (Å²) in [6.07, 6.45) is 0. The van der Waals surface area contributed by atoms with Gasteiger partial charge in [0.25, 0.3) is 5.91 Å². The molecule has 0 radical (unpaired) electrons. The largest absolute Gasteiger partial charge is 0.321 e. The Labute approximate surface area is 131 Å². The first-order valence-corrected chi connectivity index (χ1v) is 8.63. The molecule has 0 atom stereocenters. The van der Waals surface area contributed by atoms with Crippen LogP contribution >= 0.6 is 22.9 Å². The maximum atomic E-state index is 12.2. The number of sulfonamides is 1. The molecule has 1 aromatic heterocycles. The zero-order valence-corrected chi connectivity index (χ0v) is 13.7. The van der Waals surface area contributed by atoms with Gasteiger partial charge in [-0.25, -0.2) is 13.6 Å². The molecule has 2 rings (SSSR count). The highest BCUT2D eigenvalue weighted by molar-refractivity contribution is 7.91. The number of primary sulfonamides is 1. The van der Waals surface area contributed by atoms with Gasteiger partial charge < -0.3 is 5.32 Å². The van der Waals surface area contributed by atoms with Crippen LogP contribution in [0.4, 0.5) is 5.69 Å². The molecule has 0 saturated carbocycles. The maximum absolute atomic E-state index is 12.2. The van der Waals surface area contributed by atoms with Crippen LogP contribution in [0.5, 0.6) is 0 Å². The Balaban J connectivity index is 2.31. The zero-order chi connectivity index (χ0) is 15.8. The number of thiophene rings is 1. The number of hydrogen-bond donors (Lipinski definition) is 2. The minimum absolute atomic E-state index is 0.0296. The van der Waals surface area contributed by atoms with Crippen LogP contribution in [-0.4, -0.2) is 14.3 Å². The van der Waals surface area contributed by atoms with E-state index in [2.05, 4.69) is 5.32 Å². The van der Waals surface area contributed by atoms with Gasteiger partial charge in [0.2, 0.25) is 10.0 Å². The molecule has 112 valence electrons. The fraction of sp³-hybridized carbons (Fsp3) is 0.154. The molecule has 0 aliphatic carbocycles. The smallest absolute Gasteiger partial charge is 0.266 e. The number of halogens is 1. The predicted octanol–water partition coefficient (Wildman–Crippen LogP) is 2.92. The summed E-state index contributed by atoms with van der Waals surface area (Å²) in [4.78, 5) is 12.6. The summed E-state index contributed by atoms with van der Waals surface area (Å²) in [5, 5.41) is 8.38. The highest BCUT2D eigenvalue weighted by Gasteiger charge is 2.19. The Hall–Kier alpha value is -1.41. The summed E-state index contributed by atoms with van der Waals surface area (Å²) in [5.41, 5.74) is 2.00. The Morgan fingerprint density at radius 2 is 1.90 bits per heavy atom. The summed E-state index contributed by atoms with van der Waals surface area (Å²) in [7, 11) is -3.80. The van der Waals surface area contributed by atoms with E-state index in [1.54, 1.807) is 25.1 Å². The normalized spacial score (nSPS) is 11.4. The van der Waals surface area contributed by atoms with Crippen molar-refractivity contribution < 1.29 is 13.2 Å². The molecule has 0 bridgehead atoms. The van der Waals surface area contributed by atoms with Crippen LogP contribution in [0.2, 0.25) is 5.02 Å². The molecule has 3 N–H and O–H groups in total. The zero-order valence-electron chi connectivity index (χ0n) is 11.3. The van der Waals surface area contributed by atoms with Crippen LogP contribution in [0.25, 0.3) is 0 Å². The lowest BCUT2D eigenvalue weighted by Gasteiger charge is -2.08. The Kier molecular flexibility index (Phi) is 4.38. The molecule has 0 fully saturated rings. The van der Waals surface area contributed by atoms with E-state index in [4.69, 9.17) is 16.7 Å². The van der Waals surface area contributed by atoms with Crippen LogP contribution in [0.15, 0.2) is 28.5 Å². The van der Waals surface area contributed by atoms with E-state index in [9.17, 15) is 13.2 Å². The average molecular weight is 345 g/mol. The lowest BCUT2D eigenvalue weighted by molar-refractivity contribution is 0.103. The van der Waals surface area contributed by atoms with E-state index in [1.165, 1.54) is 6.07 Å². The molecular formula is C13H13ClN2O3S2. The van der Waals surface area contributed by atoms with Gasteiger partial charge in [0.05, 0.1) is 4.88 Å². The number of anilines is 1. The average Bonchev–Trinajstić information content (AvgIpc) is 2.75. The lowest BCUT2D eigenvalue weighted by Crippen LogP contribution is -2.12. The molecule has 8 heteroatoms. The van der Waals surface area contributed by atoms with E-state index >= 15 is 0 Å². The summed E-state index contributed by atoms with van der Waals surface area (Å²) in [6, 6.07) is 6.48. The molecular weight excluding hydrogens is 332 g/mol. The van der Waals surface area contributed by atoms with Gasteiger partial charge in [-0.1, -0.05) is 11.6 Å². The van der Waals surface area contributed by atoms with Gasteiger partial charge in [-0.3, -0.25) is 4.79 Å². The maximum Gasteiger partial charge on any atom is 0.266 e. The van der Waals surface area contributed by atoms with Crippen LogP contribution < -0.4 is 10.5 Å². The summed E-state index contributed by atoms with van der Waals surface area (Å²) in [6.45, 7) is 3.48. The van der Waals surface area contributed by atoms with Crippen molar-refractivity contribution in [3.05, 3.63) is 45.3 Å². The van der Waals surface area contributed by atoms with Crippen LogP contribution in [-0.2, 0) is 10.0 Å². The lowest BCUT2D eigenvalue weighted by atomic mass is 10.2. The molecule has 1 heterocycles. The fourth-order valence-electron chi connectivity index (χ4n) is 1.76. The molecule has 0 saturated heterocycles. The van der Waals surface area contributed by atoms with Crippen molar-refractivity contribution in [1.82, 2.24) is 0 Å². The number of hydrogen-bond acceptors (Lipinski definition) is 4. The predicted molar refractivity (Wildman–Crippen MR) is 84.6 cm³/mol. The molecule has 0 spiro atoms. The number of amides is 1. The molecule has 21 heavy (non-hydrogen) atoms. The number of carbonyl (C=O) groups is 1. The highest BCUT2D eigenvalue weighted by atomic mass is 35.5. The van der Waals surface area contributed by atoms with E-state index in [0.717, 1.165) is 16.9 Å². The SMILES string of the molecule is Cc1cc(Cl)ccc1NC(=O)c1sc(S(N)(=O)=O)cc1C. The highest BCUT2D eigenvalue weighted by Crippen LogP contribution is 2.27. The van der Waals surface area contributed by atoms with E-state index < -0.39 is 10.0 Å². The number of carbonyl (C=O) groups excluding carboxylic acids is 1. The second kappa shape index (κ2) is 5.76. The summed E-state index contributed by atoms with van der Waals surface area (Å²) >= 11 is 6.71. The van der Waals surface area contributed by atoms with Crippen molar-refractivity contribution in [1.29, 1.82) is 0 Å². The van der Waals surface area contributed by atoms with E-state index in [0.29, 0.717) is 21.2 Å². The minimum Gasteiger partial charge on any atom is -0.321 e. The summed E-state index contributed by atoms with van der Waals surface area (Å²) < 4.78 is 22.6. The van der Waals surface area contributed by atoms with Crippen molar-refractivity contribution in [2.24, 2.45) is 5.14 Å². The van der Waals surface area contributed by atoms with Crippen molar-refractivity contribution in [2.75, 3.05) is 5.32 Å². The monoisotopic (exact) mass is 344 g/mol. The molecule has 0 aliphatic rings. The van der Waals surface area contributed by atoms with Crippen LogP contribution in [0.1, 0.15) is 20.8 Å². The topological polar surface area (TPSA) is 89.3 Å². The fourth-order valence-corrected chi connectivity index (χ4v) is 3.85. The van der Waals surface area contributed by atoms with E-state index in [-0.39, 0.29) is 10.1 Å². The number of nitrogens with one attached hydrogen (secondary N) is 1. The molecule has 5 nitrogen and oxygen atoms in total. The Morgan fingerprint density at radius 1 is 1.24 bits per heavy atom. The molecule has 2 aromatic rings. The van der Waals surface area contributed by atoms with Crippen molar-refractivity contribution in [3.8, 4) is 0 Å². The molecule has 0 unspecified atom stereocenters. The third kappa shape index (κ3) is 3.62. The third-order valence-electron chi connectivity index (χ3n) is 2.82. The number of benzene rings is 1. The first-order chi connectivity index (χ1) is 9.68.